The molecule has 2 unspecified atom stereocenters. The molecule has 1 saturated heterocycles. The normalized spacial score (nSPS) is 16.7. The lowest BCUT2D eigenvalue weighted by atomic mass is 9.95. The number of amides is 2. The average molecular weight is 498 g/mol. The minimum atomic E-state index is -0.226. The molecule has 1 aromatic heterocycles. The molecule has 1 aliphatic heterocycles. The molecule has 1 fully saturated rings. The lowest BCUT2D eigenvalue weighted by molar-refractivity contribution is -0.132. The van der Waals surface area contributed by atoms with Gasteiger partial charge in [-0.1, -0.05) is 54.6 Å². The van der Waals surface area contributed by atoms with Crippen LogP contribution in [-0.4, -0.2) is 51.9 Å². The quantitative estimate of drug-likeness (QED) is 0.385. The van der Waals surface area contributed by atoms with E-state index < -0.39 is 0 Å². The molecule has 37 heavy (non-hydrogen) atoms. The Morgan fingerprint density at radius 1 is 1.08 bits per heavy atom. The van der Waals surface area contributed by atoms with E-state index in [1.165, 1.54) is 17.7 Å². The number of nitrogens with one attached hydrogen (secondary N) is 1. The van der Waals surface area contributed by atoms with E-state index in [1.54, 1.807) is 0 Å². The molecule has 0 spiro atoms. The number of carbonyl (C=O) groups excluding carboxylic acids is 2. The van der Waals surface area contributed by atoms with Gasteiger partial charge in [-0.3, -0.25) is 9.59 Å². The first-order valence-corrected chi connectivity index (χ1v) is 13.2. The van der Waals surface area contributed by atoms with Gasteiger partial charge in [0.15, 0.2) is 0 Å². The fourth-order valence-corrected chi connectivity index (χ4v) is 5.49. The van der Waals surface area contributed by atoms with Crippen LogP contribution in [0.1, 0.15) is 43.5 Å². The number of benzene rings is 3. The minimum Gasteiger partial charge on any atom is -0.355 e. The van der Waals surface area contributed by atoms with Crippen molar-refractivity contribution < 1.29 is 9.59 Å². The molecule has 0 aliphatic carbocycles. The van der Waals surface area contributed by atoms with Gasteiger partial charge in [-0.05, 0) is 47.7 Å². The Morgan fingerprint density at radius 2 is 1.86 bits per heavy atom. The summed E-state index contributed by atoms with van der Waals surface area (Å²) in [5, 5.41) is 5.29. The highest BCUT2D eigenvalue weighted by Crippen LogP contribution is 2.30. The SMILES string of the molecule is CC(=O)NCCn1c(C2CCCN(C(=O)CC(N)Cc3ccc4ccccc4c3)C2)nc2ccccc21. The second-order valence-electron chi connectivity index (χ2n) is 10.1. The first kappa shape index (κ1) is 25.0. The number of piperidine rings is 1. The standard InChI is InChI=1S/C30H35N5O2/c1-21(36)32-14-16-35-28-11-5-4-10-27(28)33-30(35)25-9-6-15-34(20-25)29(37)19-26(31)18-22-12-13-23-7-2-3-8-24(23)17-22/h2-5,7-8,10-13,17,25-26H,6,9,14-16,18-20,31H2,1H3,(H,32,36). The molecule has 0 saturated carbocycles. The van der Waals surface area contributed by atoms with Crippen LogP contribution in [0, 0.1) is 0 Å². The van der Waals surface area contributed by atoms with Crippen molar-refractivity contribution in [2.24, 2.45) is 5.73 Å². The van der Waals surface area contributed by atoms with Crippen molar-refractivity contribution in [2.75, 3.05) is 19.6 Å². The molecule has 2 atom stereocenters. The molecule has 7 heteroatoms. The number of hydrogen-bond acceptors (Lipinski definition) is 4. The van der Waals surface area contributed by atoms with Gasteiger partial charge in [0.2, 0.25) is 11.8 Å². The summed E-state index contributed by atoms with van der Waals surface area (Å²) in [5.74, 6) is 1.21. The number of carbonyl (C=O) groups is 2. The van der Waals surface area contributed by atoms with E-state index in [1.807, 2.05) is 35.2 Å². The van der Waals surface area contributed by atoms with Gasteiger partial charge in [0.25, 0.3) is 0 Å². The Hall–Kier alpha value is -3.71. The highest BCUT2D eigenvalue weighted by molar-refractivity contribution is 5.83. The van der Waals surface area contributed by atoms with E-state index in [4.69, 9.17) is 10.7 Å². The number of nitrogens with two attached hydrogens (primary N) is 1. The van der Waals surface area contributed by atoms with Crippen LogP contribution >= 0.6 is 0 Å². The maximum atomic E-state index is 13.3. The minimum absolute atomic E-state index is 0.0413. The lowest BCUT2D eigenvalue weighted by Crippen LogP contribution is -2.42. The zero-order valence-electron chi connectivity index (χ0n) is 21.4. The van der Waals surface area contributed by atoms with Crippen LogP contribution in [0.15, 0.2) is 66.7 Å². The fraction of sp³-hybridized carbons (Fsp3) is 0.367. The Morgan fingerprint density at radius 3 is 2.70 bits per heavy atom. The second kappa shape index (κ2) is 11.1. The van der Waals surface area contributed by atoms with Gasteiger partial charge in [-0.15, -0.1) is 0 Å². The van der Waals surface area contributed by atoms with Crippen LogP contribution in [0.3, 0.4) is 0 Å². The molecule has 2 heterocycles. The third kappa shape index (κ3) is 5.83. The van der Waals surface area contributed by atoms with Gasteiger partial charge in [0.1, 0.15) is 5.82 Å². The van der Waals surface area contributed by atoms with Gasteiger partial charge in [-0.2, -0.15) is 0 Å². The predicted octanol–water partition coefficient (Wildman–Crippen LogP) is 3.99. The number of fused-ring (bicyclic) bond motifs is 2. The molecular weight excluding hydrogens is 462 g/mol. The summed E-state index contributed by atoms with van der Waals surface area (Å²) in [5.41, 5.74) is 9.62. The molecular formula is C30H35N5O2. The number of imidazole rings is 1. The Balaban J connectivity index is 1.25. The molecule has 4 aromatic rings. The second-order valence-corrected chi connectivity index (χ2v) is 10.1. The summed E-state index contributed by atoms with van der Waals surface area (Å²) in [7, 11) is 0. The number of likely N-dealkylation sites (tertiary alicyclic amines) is 1. The van der Waals surface area contributed by atoms with Crippen molar-refractivity contribution in [3.8, 4) is 0 Å². The third-order valence-corrected chi connectivity index (χ3v) is 7.28. The topological polar surface area (TPSA) is 93.2 Å². The van der Waals surface area contributed by atoms with E-state index in [0.29, 0.717) is 32.5 Å². The fourth-order valence-electron chi connectivity index (χ4n) is 5.49. The highest BCUT2D eigenvalue weighted by atomic mass is 16.2. The first-order chi connectivity index (χ1) is 18.0. The van der Waals surface area contributed by atoms with Crippen molar-refractivity contribution in [3.05, 3.63) is 78.1 Å². The molecule has 0 bridgehead atoms. The number of rotatable bonds is 8. The van der Waals surface area contributed by atoms with Gasteiger partial charge < -0.3 is 20.5 Å². The number of hydrogen-bond donors (Lipinski definition) is 2. The summed E-state index contributed by atoms with van der Waals surface area (Å²) in [6.07, 6.45) is 2.92. The molecule has 0 radical (unpaired) electrons. The molecule has 7 nitrogen and oxygen atoms in total. The summed E-state index contributed by atoms with van der Waals surface area (Å²) < 4.78 is 2.20. The van der Waals surface area contributed by atoms with Gasteiger partial charge in [0, 0.05) is 51.5 Å². The van der Waals surface area contributed by atoms with Crippen molar-refractivity contribution in [3.63, 3.8) is 0 Å². The van der Waals surface area contributed by atoms with Crippen LogP contribution in [0.25, 0.3) is 21.8 Å². The van der Waals surface area contributed by atoms with Crippen molar-refractivity contribution in [2.45, 2.75) is 51.1 Å². The van der Waals surface area contributed by atoms with E-state index >= 15 is 0 Å². The smallest absolute Gasteiger partial charge is 0.224 e. The molecule has 1 aliphatic rings. The predicted molar refractivity (Wildman–Crippen MR) is 147 cm³/mol. The summed E-state index contributed by atoms with van der Waals surface area (Å²) in [6, 6.07) is 22.5. The molecule has 3 N–H and O–H groups in total. The molecule has 3 aromatic carbocycles. The number of aromatic nitrogens is 2. The number of para-hydroxylation sites is 2. The van der Waals surface area contributed by atoms with Crippen LogP contribution in [0.5, 0.6) is 0 Å². The zero-order chi connectivity index (χ0) is 25.8. The Bertz CT molecular complexity index is 1410. The Labute approximate surface area is 217 Å². The van der Waals surface area contributed by atoms with Gasteiger partial charge >= 0.3 is 0 Å². The van der Waals surface area contributed by atoms with Gasteiger partial charge in [0.05, 0.1) is 11.0 Å². The largest absolute Gasteiger partial charge is 0.355 e. The van der Waals surface area contributed by atoms with Crippen LogP contribution < -0.4 is 11.1 Å². The highest BCUT2D eigenvalue weighted by Gasteiger charge is 2.29. The Kier molecular flexibility index (Phi) is 7.51. The first-order valence-electron chi connectivity index (χ1n) is 13.2. The van der Waals surface area contributed by atoms with Crippen LogP contribution in [-0.2, 0) is 22.6 Å². The summed E-state index contributed by atoms with van der Waals surface area (Å²) >= 11 is 0. The zero-order valence-corrected chi connectivity index (χ0v) is 21.4. The third-order valence-electron chi connectivity index (χ3n) is 7.28. The maximum absolute atomic E-state index is 13.3. The van der Waals surface area contributed by atoms with E-state index in [9.17, 15) is 9.59 Å². The molecule has 2 amide bonds. The summed E-state index contributed by atoms with van der Waals surface area (Å²) in [6.45, 7) is 4.12. The maximum Gasteiger partial charge on any atom is 0.224 e. The van der Waals surface area contributed by atoms with E-state index in [0.717, 1.165) is 41.8 Å². The van der Waals surface area contributed by atoms with E-state index in [2.05, 4.69) is 46.3 Å². The van der Waals surface area contributed by atoms with Crippen molar-refractivity contribution >= 4 is 33.6 Å². The number of nitrogens with zero attached hydrogens (tertiary/aromatic N) is 3. The van der Waals surface area contributed by atoms with Crippen molar-refractivity contribution in [1.29, 1.82) is 0 Å². The van der Waals surface area contributed by atoms with Crippen LogP contribution in [0.4, 0.5) is 0 Å². The molecule has 192 valence electrons. The van der Waals surface area contributed by atoms with E-state index in [-0.39, 0.29) is 23.8 Å². The van der Waals surface area contributed by atoms with Crippen LogP contribution in [0.2, 0.25) is 0 Å². The lowest BCUT2D eigenvalue weighted by Gasteiger charge is -2.33. The monoisotopic (exact) mass is 497 g/mol. The van der Waals surface area contributed by atoms with Crippen molar-refractivity contribution in [1.82, 2.24) is 19.8 Å². The average Bonchev–Trinajstić information content (AvgIpc) is 3.27. The molecule has 5 rings (SSSR count). The summed E-state index contributed by atoms with van der Waals surface area (Å²) in [4.78, 5) is 31.6. The van der Waals surface area contributed by atoms with Gasteiger partial charge in [-0.25, -0.2) is 4.98 Å².